The maximum Gasteiger partial charge on any atom is 0.323 e. The molecular weight excluding hydrogens is 216 g/mol. The first-order chi connectivity index (χ1) is 8.34. The first-order valence-corrected chi connectivity index (χ1v) is 5.26. The van der Waals surface area contributed by atoms with Crippen LogP contribution in [-0.4, -0.2) is 9.97 Å². The summed E-state index contributed by atoms with van der Waals surface area (Å²) in [6.07, 6.45) is 1.58. The van der Waals surface area contributed by atoms with E-state index in [1.54, 1.807) is 12.3 Å². The van der Waals surface area contributed by atoms with Crippen LogP contribution in [0.3, 0.4) is 0 Å². The van der Waals surface area contributed by atoms with Crippen molar-refractivity contribution in [1.82, 2.24) is 9.97 Å². The van der Waals surface area contributed by atoms with Crippen molar-refractivity contribution in [2.24, 2.45) is 0 Å². The first kappa shape index (κ1) is 9.72. The third-order valence-electron chi connectivity index (χ3n) is 2.56. The lowest BCUT2D eigenvalue weighted by molar-refractivity contribution is 0.580. The minimum absolute atomic E-state index is 0.241. The second-order valence-electron chi connectivity index (χ2n) is 3.67. The van der Waals surface area contributed by atoms with Gasteiger partial charge in [0.05, 0.1) is 12.0 Å². The molecule has 0 aliphatic heterocycles. The molecule has 2 heterocycles. The van der Waals surface area contributed by atoms with Gasteiger partial charge in [-0.2, -0.15) is 0 Å². The molecule has 0 saturated carbocycles. The molecule has 0 unspecified atom stereocenters. The summed E-state index contributed by atoms with van der Waals surface area (Å²) in [4.78, 5) is 16.9. The van der Waals surface area contributed by atoms with Gasteiger partial charge in [-0.1, -0.05) is 30.3 Å². The Kier molecular flexibility index (Phi) is 2.19. The van der Waals surface area contributed by atoms with Crippen LogP contribution in [-0.2, 0) is 0 Å². The Morgan fingerprint density at radius 1 is 0.882 bits per heavy atom. The van der Waals surface area contributed by atoms with Crippen LogP contribution in [0.5, 0.6) is 0 Å². The summed E-state index contributed by atoms with van der Waals surface area (Å²) >= 11 is 0. The molecule has 1 aromatic carbocycles. The van der Waals surface area contributed by atoms with Gasteiger partial charge in [-0.05, 0) is 12.1 Å². The van der Waals surface area contributed by atoms with Crippen molar-refractivity contribution in [2.75, 3.05) is 0 Å². The summed E-state index contributed by atoms with van der Waals surface area (Å²) in [5, 5.41) is 0. The van der Waals surface area contributed by atoms with Crippen LogP contribution in [0.25, 0.3) is 22.7 Å². The Morgan fingerprint density at radius 2 is 1.65 bits per heavy atom. The van der Waals surface area contributed by atoms with Gasteiger partial charge in [-0.3, -0.25) is 0 Å². The van der Waals surface area contributed by atoms with Crippen LogP contribution in [0, 0.1) is 0 Å². The summed E-state index contributed by atoms with van der Waals surface area (Å²) in [5.74, 6) is 0.641. The Labute approximate surface area is 96.9 Å². The Hall–Kier alpha value is -2.49. The molecule has 0 spiro atoms. The molecule has 4 heteroatoms. The van der Waals surface area contributed by atoms with Crippen LogP contribution in [0.15, 0.2) is 57.9 Å². The lowest BCUT2D eigenvalue weighted by atomic mass is 10.1. The molecule has 3 aromatic rings. The molecule has 2 N–H and O–H groups in total. The number of imidazole rings is 1. The van der Waals surface area contributed by atoms with Crippen LogP contribution in [0.2, 0.25) is 0 Å². The molecule has 4 nitrogen and oxygen atoms in total. The topological polar surface area (TPSA) is 61.8 Å². The SMILES string of the molecule is O=c1[nH]c(-c2ccccc2)c(-c2ccco2)[nH]1. The maximum atomic E-state index is 11.4. The average molecular weight is 226 g/mol. The van der Waals surface area contributed by atoms with Gasteiger partial charge in [0.2, 0.25) is 0 Å². The number of hydrogen-bond acceptors (Lipinski definition) is 2. The average Bonchev–Trinajstić information content (AvgIpc) is 2.98. The third kappa shape index (κ3) is 1.69. The van der Waals surface area contributed by atoms with Crippen molar-refractivity contribution in [1.29, 1.82) is 0 Å². The Morgan fingerprint density at radius 3 is 2.35 bits per heavy atom. The normalized spacial score (nSPS) is 10.6. The number of nitrogens with one attached hydrogen (secondary N) is 2. The van der Waals surface area contributed by atoms with Gasteiger partial charge in [0, 0.05) is 5.56 Å². The lowest BCUT2D eigenvalue weighted by Gasteiger charge is -2.00. The van der Waals surface area contributed by atoms with Crippen LogP contribution in [0.1, 0.15) is 0 Å². The van der Waals surface area contributed by atoms with E-state index in [0.29, 0.717) is 11.5 Å². The van der Waals surface area contributed by atoms with Crippen molar-refractivity contribution < 1.29 is 4.42 Å². The van der Waals surface area contributed by atoms with E-state index < -0.39 is 0 Å². The smallest absolute Gasteiger partial charge is 0.323 e. The molecule has 17 heavy (non-hydrogen) atoms. The number of aromatic nitrogens is 2. The van der Waals surface area contributed by atoms with Crippen molar-refractivity contribution in [2.45, 2.75) is 0 Å². The van der Waals surface area contributed by atoms with Crippen LogP contribution >= 0.6 is 0 Å². The molecule has 3 rings (SSSR count). The number of hydrogen-bond donors (Lipinski definition) is 2. The number of benzene rings is 1. The Bertz CT molecular complexity index is 663. The standard InChI is InChI=1S/C13H10N2O2/c16-13-14-11(9-5-2-1-3-6-9)12(15-13)10-7-4-8-17-10/h1-8H,(H2,14,15,16). The molecule has 0 fully saturated rings. The van der Waals surface area contributed by atoms with Gasteiger partial charge in [-0.25, -0.2) is 4.79 Å². The van der Waals surface area contributed by atoms with Gasteiger partial charge in [0.25, 0.3) is 0 Å². The Balaban J connectivity index is 2.22. The van der Waals surface area contributed by atoms with Crippen molar-refractivity contribution in [3.8, 4) is 22.7 Å². The lowest BCUT2D eigenvalue weighted by Crippen LogP contribution is -2.00. The predicted octanol–water partition coefficient (Wildman–Crippen LogP) is 2.63. The highest BCUT2D eigenvalue weighted by atomic mass is 16.3. The van der Waals surface area contributed by atoms with Crippen LogP contribution < -0.4 is 5.69 Å². The molecule has 0 atom stereocenters. The van der Waals surface area contributed by atoms with Gasteiger partial charge in [0.1, 0.15) is 5.69 Å². The highest BCUT2D eigenvalue weighted by Gasteiger charge is 2.12. The predicted molar refractivity (Wildman–Crippen MR) is 64.6 cm³/mol. The molecular formula is C13H10N2O2. The molecule has 84 valence electrons. The van der Waals surface area contributed by atoms with Gasteiger partial charge in [-0.15, -0.1) is 0 Å². The zero-order chi connectivity index (χ0) is 11.7. The van der Waals surface area contributed by atoms with E-state index in [1.807, 2.05) is 36.4 Å². The molecule has 0 bridgehead atoms. The first-order valence-electron chi connectivity index (χ1n) is 5.26. The molecule has 0 amide bonds. The molecule has 0 aliphatic rings. The number of H-pyrrole nitrogens is 2. The van der Waals surface area contributed by atoms with E-state index in [1.165, 1.54) is 0 Å². The van der Waals surface area contributed by atoms with Crippen molar-refractivity contribution in [3.05, 3.63) is 59.2 Å². The highest BCUT2D eigenvalue weighted by Crippen LogP contribution is 2.27. The van der Waals surface area contributed by atoms with E-state index >= 15 is 0 Å². The summed E-state index contributed by atoms with van der Waals surface area (Å²) < 4.78 is 5.30. The number of furan rings is 1. The zero-order valence-corrected chi connectivity index (χ0v) is 8.94. The van der Waals surface area contributed by atoms with Crippen molar-refractivity contribution in [3.63, 3.8) is 0 Å². The maximum absolute atomic E-state index is 11.4. The van der Waals surface area contributed by atoms with E-state index in [-0.39, 0.29) is 5.69 Å². The molecule has 0 aliphatic carbocycles. The molecule has 0 saturated heterocycles. The van der Waals surface area contributed by atoms with E-state index in [9.17, 15) is 4.79 Å². The second-order valence-corrected chi connectivity index (χ2v) is 3.67. The third-order valence-corrected chi connectivity index (χ3v) is 2.56. The van der Waals surface area contributed by atoms with Gasteiger partial charge >= 0.3 is 5.69 Å². The van der Waals surface area contributed by atoms with Crippen molar-refractivity contribution >= 4 is 0 Å². The summed E-state index contributed by atoms with van der Waals surface area (Å²) in [6, 6.07) is 13.2. The summed E-state index contributed by atoms with van der Waals surface area (Å²) in [7, 11) is 0. The zero-order valence-electron chi connectivity index (χ0n) is 8.94. The minimum Gasteiger partial charge on any atom is -0.463 e. The number of rotatable bonds is 2. The van der Waals surface area contributed by atoms with E-state index in [4.69, 9.17) is 4.42 Å². The minimum atomic E-state index is -0.241. The van der Waals surface area contributed by atoms with Gasteiger partial charge in [0.15, 0.2) is 5.76 Å². The molecule has 0 radical (unpaired) electrons. The van der Waals surface area contributed by atoms with E-state index in [0.717, 1.165) is 11.3 Å². The number of aromatic amines is 2. The van der Waals surface area contributed by atoms with Crippen LogP contribution in [0.4, 0.5) is 0 Å². The summed E-state index contributed by atoms with van der Waals surface area (Å²) in [6.45, 7) is 0. The van der Waals surface area contributed by atoms with Gasteiger partial charge < -0.3 is 14.4 Å². The summed E-state index contributed by atoms with van der Waals surface area (Å²) in [5.41, 5.74) is 2.12. The fourth-order valence-corrected chi connectivity index (χ4v) is 1.81. The quantitative estimate of drug-likeness (QED) is 0.705. The molecule has 2 aromatic heterocycles. The highest BCUT2D eigenvalue weighted by molar-refractivity contribution is 5.75. The fourth-order valence-electron chi connectivity index (χ4n) is 1.81. The second kappa shape index (κ2) is 3.83. The van der Waals surface area contributed by atoms with E-state index in [2.05, 4.69) is 9.97 Å². The fraction of sp³-hybridized carbons (Fsp3) is 0. The largest absolute Gasteiger partial charge is 0.463 e. The monoisotopic (exact) mass is 226 g/mol.